The van der Waals surface area contributed by atoms with Crippen LogP contribution in [0, 0.1) is 0 Å². The van der Waals surface area contributed by atoms with Crippen molar-refractivity contribution in [3.8, 4) is 0 Å². The maximum absolute atomic E-state index is 6.03. The quantitative estimate of drug-likeness (QED) is 0.733. The van der Waals surface area contributed by atoms with Crippen molar-refractivity contribution in [3.63, 3.8) is 0 Å². The van der Waals surface area contributed by atoms with E-state index in [1.807, 2.05) is 0 Å². The topological polar surface area (TPSA) is 18.5 Å². The summed E-state index contributed by atoms with van der Waals surface area (Å²) in [5.74, 6) is -0.832. The van der Waals surface area contributed by atoms with Crippen LogP contribution in [0.5, 0.6) is 0 Å². The fourth-order valence-electron chi connectivity index (χ4n) is 1.33. The lowest BCUT2D eigenvalue weighted by Crippen LogP contribution is -2.22. The third-order valence-corrected chi connectivity index (χ3v) is 2.61. The number of benzene rings is 1. The SMILES string of the molecule is CC1(c2ccc(Cl)cc2Cl)OC=CO1. The van der Waals surface area contributed by atoms with Gasteiger partial charge in [0.2, 0.25) is 0 Å². The van der Waals surface area contributed by atoms with Gasteiger partial charge in [-0.1, -0.05) is 23.2 Å². The molecule has 0 unspecified atom stereocenters. The van der Waals surface area contributed by atoms with Gasteiger partial charge in [-0.15, -0.1) is 0 Å². The molecule has 0 N–H and O–H groups in total. The van der Waals surface area contributed by atoms with E-state index >= 15 is 0 Å². The van der Waals surface area contributed by atoms with Gasteiger partial charge in [-0.2, -0.15) is 0 Å². The number of hydrogen-bond acceptors (Lipinski definition) is 2. The maximum atomic E-state index is 6.03. The molecule has 0 fully saturated rings. The number of hydrogen-bond donors (Lipinski definition) is 0. The van der Waals surface area contributed by atoms with Crippen LogP contribution >= 0.6 is 23.2 Å². The van der Waals surface area contributed by atoms with Crippen LogP contribution in [0.2, 0.25) is 10.0 Å². The summed E-state index contributed by atoms with van der Waals surface area (Å²) in [6.45, 7) is 1.79. The fraction of sp³-hybridized carbons (Fsp3) is 0.200. The molecular formula is C10H8Cl2O2. The first kappa shape index (κ1) is 9.69. The molecule has 1 aromatic rings. The molecular weight excluding hydrogens is 223 g/mol. The van der Waals surface area contributed by atoms with Crippen LogP contribution in [0.25, 0.3) is 0 Å². The minimum Gasteiger partial charge on any atom is -0.453 e. The Balaban J connectivity index is 2.41. The van der Waals surface area contributed by atoms with Gasteiger partial charge in [-0.25, -0.2) is 0 Å². The highest BCUT2D eigenvalue weighted by Crippen LogP contribution is 2.36. The first-order chi connectivity index (χ1) is 6.62. The van der Waals surface area contributed by atoms with Crippen LogP contribution in [0.3, 0.4) is 0 Å². The molecule has 0 atom stereocenters. The summed E-state index contributed by atoms with van der Waals surface area (Å²) in [7, 11) is 0. The molecule has 1 aromatic carbocycles. The molecule has 0 saturated heterocycles. The Bertz CT molecular complexity index is 380. The van der Waals surface area contributed by atoms with Crippen molar-refractivity contribution in [2.24, 2.45) is 0 Å². The normalized spacial score (nSPS) is 17.6. The highest BCUT2D eigenvalue weighted by molar-refractivity contribution is 6.35. The van der Waals surface area contributed by atoms with E-state index in [2.05, 4.69) is 0 Å². The van der Waals surface area contributed by atoms with Crippen molar-refractivity contribution in [1.29, 1.82) is 0 Å². The highest BCUT2D eigenvalue weighted by atomic mass is 35.5. The molecule has 2 rings (SSSR count). The predicted molar refractivity (Wildman–Crippen MR) is 55.1 cm³/mol. The standard InChI is InChI=1S/C10H8Cl2O2/c1-10(13-4-5-14-10)8-3-2-7(11)6-9(8)12/h2-6H,1H3. The van der Waals surface area contributed by atoms with E-state index < -0.39 is 5.79 Å². The zero-order valence-corrected chi connectivity index (χ0v) is 8.97. The molecule has 0 aliphatic carbocycles. The molecule has 0 saturated carbocycles. The average molecular weight is 231 g/mol. The van der Waals surface area contributed by atoms with Crippen LogP contribution in [0.15, 0.2) is 30.7 Å². The lowest BCUT2D eigenvalue weighted by molar-refractivity contribution is -0.133. The smallest absolute Gasteiger partial charge is 0.275 e. The van der Waals surface area contributed by atoms with Crippen molar-refractivity contribution in [2.45, 2.75) is 12.7 Å². The van der Waals surface area contributed by atoms with Gasteiger partial charge in [0.05, 0.1) is 10.6 Å². The Morgan fingerprint density at radius 1 is 1.14 bits per heavy atom. The van der Waals surface area contributed by atoms with Gasteiger partial charge in [0, 0.05) is 11.9 Å². The first-order valence-electron chi connectivity index (χ1n) is 4.08. The van der Waals surface area contributed by atoms with Crippen LogP contribution in [-0.2, 0) is 15.3 Å². The van der Waals surface area contributed by atoms with E-state index in [1.165, 1.54) is 12.5 Å². The summed E-state index contributed by atoms with van der Waals surface area (Å²) in [5.41, 5.74) is 0.758. The predicted octanol–water partition coefficient (Wildman–Crippen LogP) is 3.68. The van der Waals surface area contributed by atoms with E-state index in [0.29, 0.717) is 10.0 Å². The van der Waals surface area contributed by atoms with E-state index in [4.69, 9.17) is 32.7 Å². The van der Waals surface area contributed by atoms with E-state index in [9.17, 15) is 0 Å². The highest BCUT2D eigenvalue weighted by Gasteiger charge is 2.34. The van der Waals surface area contributed by atoms with Crippen molar-refractivity contribution in [1.82, 2.24) is 0 Å². The molecule has 0 radical (unpaired) electrons. The Morgan fingerprint density at radius 3 is 2.36 bits per heavy atom. The van der Waals surface area contributed by atoms with Gasteiger partial charge in [0.15, 0.2) is 0 Å². The number of halogens is 2. The third-order valence-electron chi connectivity index (χ3n) is 2.06. The largest absolute Gasteiger partial charge is 0.453 e. The molecule has 1 aliphatic rings. The molecule has 2 nitrogen and oxygen atoms in total. The van der Waals surface area contributed by atoms with Crippen molar-refractivity contribution in [2.75, 3.05) is 0 Å². The first-order valence-corrected chi connectivity index (χ1v) is 4.83. The second kappa shape index (κ2) is 3.37. The summed E-state index contributed by atoms with van der Waals surface area (Å²) < 4.78 is 10.6. The Morgan fingerprint density at radius 2 is 1.79 bits per heavy atom. The third kappa shape index (κ3) is 1.56. The Hall–Kier alpha value is -0.860. The van der Waals surface area contributed by atoms with Gasteiger partial charge < -0.3 is 9.47 Å². The lowest BCUT2D eigenvalue weighted by Gasteiger charge is -2.24. The number of ether oxygens (including phenoxy) is 2. The molecule has 0 bridgehead atoms. The monoisotopic (exact) mass is 230 g/mol. The van der Waals surface area contributed by atoms with Crippen molar-refractivity contribution < 1.29 is 9.47 Å². The Labute approximate surface area is 92.0 Å². The van der Waals surface area contributed by atoms with E-state index in [0.717, 1.165) is 5.56 Å². The zero-order valence-electron chi connectivity index (χ0n) is 7.46. The van der Waals surface area contributed by atoms with Gasteiger partial charge in [0.25, 0.3) is 5.79 Å². The second-order valence-corrected chi connectivity index (χ2v) is 3.92. The lowest BCUT2D eigenvalue weighted by atomic mass is 10.1. The van der Waals surface area contributed by atoms with Crippen LogP contribution in [0.4, 0.5) is 0 Å². The van der Waals surface area contributed by atoms with Gasteiger partial charge >= 0.3 is 0 Å². The molecule has 0 aromatic heterocycles. The van der Waals surface area contributed by atoms with Gasteiger partial charge in [-0.05, 0) is 18.2 Å². The van der Waals surface area contributed by atoms with Crippen molar-refractivity contribution in [3.05, 3.63) is 46.3 Å². The summed E-state index contributed by atoms with van der Waals surface area (Å²) in [6.07, 6.45) is 2.98. The van der Waals surface area contributed by atoms with Crippen LogP contribution in [-0.4, -0.2) is 0 Å². The fourth-order valence-corrected chi connectivity index (χ4v) is 1.91. The molecule has 1 heterocycles. The zero-order chi connectivity index (χ0) is 10.2. The minimum atomic E-state index is -0.832. The summed E-state index contributed by atoms with van der Waals surface area (Å²) in [4.78, 5) is 0. The molecule has 74 valence electrons. The molecule has 0 spiro atoms. The molecule has 1 aliphatic heterocycles. The average Bonchev–Trinajstić information content (AvgIpc) is 2.52. The second-order valence-electron chi connectivity index (χ2n) is 3.08. The molecule has 4 heteroatoms. The van der Waals surface area contributed by atoms with Gasteiger partial charge in [0.1, 0.15) is 12.5 Å². The van der Waals surface area contributed by atoms with E-state index in [-0.39, 0.29) is 0 Å². The van der Waals surface area contributed by atoms with Crippen LogP contribution < -0.4 is 0 Å². The maximum Gasteiger partial charge on any atom is 0.275 e. The number of rotatable bonds is 1. The van der Waals surface area contributed by atoms with Gasteiger partial charge in [-0.3, -0.25) is 0 Å². The molecule has 14 heavy (non-hydrogen) atoms. The summed E-state index contributed by atoms with van der Waals surface area (Å²) >= 11 is 11.8. The summed E-state index contributed by atoms with van der Waals surface area (Å²) in [6, 6.07) is 5.20. The summed E-state index contributed by atoms with van der Waals surface area (Å²) in [5, 5.41) is 1.12. The van der Waals surface area contributed by atoms with Crippen LogP contribution in [0.1, 0.15) is 12.5 Å². The molecule has 0 amide bonds. The van der Waals surface area contributed by atoms with Crippen molar-refractivity contribution >= 4 is 23.2 Å². The Kier molecular flexibility index (Phi) is 2.33. The minimum absolute atomic E-state index is 0.531. The van der Waals surface area contributed by atoms with E-state index in [1.54, 1.807) is 25.1 Å².